The van der Waals surface area contributed by atoms with E-state index in [9.17, 15) is 4.79 Å². The third-order valence-electron chi connectivity index (χ3n) is 3.23. The summed E-state index contributed by atoms with van der Waals surface area (Å²) in [6.07, 6.45) is 5.35. The van der Waals surface area contributed by atoms with Crippen molar-refractivity contribution in [2.75, 3.05) is 31.1 Å². The third kappa shape index (κ3) is 7.66. The molecule has 0 spiro atoms. The van der Waals surface area contributed by atoms with Gasteiger partial charge in [-0.3, -0.25) is 4.79 Å². The molecule has 1 rings (SSSR count). The average Bonchev–Trinajstić information content (AvgIpc) is 2.37. The van der Waals surface area contributed by atoms with Crippen molar-refractivity contribution in [2.45, 2.75) is 39.0 Å². The van der Waals surface area contributed by atoms with Gasteiger partial charge in [-0.15, -0.1) is 0 Å². The Bertz CT molecular complexity index is 206. The molecular formula is C13H26N2OS. The van der Waals surface area contributed by atoms with E-state index in [0.717, 1.165) is 44.1 Å². The van der Waals surface area contributed by atoms with Crippen LogP contribution >= 0.6 is 11.8 Å². The van der Waals surface area contributed by atoms with E-state index in [1.165, 1.54) is 18.6 Å². The van der Waals surface area contributed by atoms with Crippen molar-refractivity contribution in [3.05, 3.63) is 0 Å². The molecule has 1 amide bonds. The first-order valence-corrected chi connectivity index (χ1v) is 8.03. The molecule has 1 fully saturated rings. The minimum Gasteiger partial charge on any atom is -0.356 e. The number of carbonyl (C=O) groups excluding carboxylic acids is 1. The van der Waals surface area contributed by atoms with Gasteiger partial charge in [-0.25, -0.2) is 0 Å². The monoisotopic (exact) mass is 258 g/mol. The zero-order chi connectivity index (χ0) is 12.3. The van der Waals surface area contributed by atoms with Crippen molar-refractivity contribution < 1.29 is 4.79 Å². The van der Waals surface area contributed by atoms with E-state index in [1.807, 2.05) is 11.8 Å². The number of hydrogen-bond acceptors (Lipinski definition) is 3. The van der Waals surface area contributed by atoms with Crippen LogP contribution in [0.15, 0.2) is 0 Å². The Labute approximate surface area is 109 Å². The summed E-state index contributed by atoms with van der Waals surface area (Å²) in [5.41, 5.74) is 0. The molecule has 0 saturated carbocycles. The molecule has 0 aromatic carbocycles. The van der Waals surface area contributed by atoms with E-state index >= 15 is 0 Å². The van der Waals surface area contributed by atoms with E-state index in [-0.39, 0.29) is 5.91 Å². The summed E-state index contributed by atoms with van der Waals surface area (Å²) < 4.78 is 0. The fourth-order valence-electron chi connectivity index (χ4n) is 2.14. The molecular weight excluding hydrogens is 232 g/mol. The van der Waals surface area contributed by atoms with Crippen molar-refractivity contribution in [2.24, 2.45) is 5.92 Å². The summed E-state index contributed by atoms with van der Waals surface area (Å²) in [5, 5.41) is 6.37. The Balaban J connectivity index is 1.93. The smallest absolute Gasteiger partial charge is 0.220 e. The number of amides is 1. The van der Waals surface area contributed by atoms with E-state index in [4.69, 9.17) is 0 Å². The van der Waals surface area contributed by atoms with Gasteiger partial charge in [-0.05, 0) is 56.2 Å². The molecule has 100 valence electrons. The number of carbonyl (C=O) groups is 1. The van der Waals surface area contributed by atoms with Gasteiger partial charge in [0.1, 0.15) is 0 Å². The maximum Gasteiger partial charge on any atom is 0.220 e. The second-order valence-corrected chi connectivity index (χ2v) is 6.03. The molecule has 4 heteroatoms. The summed E-state index contributed by atoms with van der Waals surface area (Å²) in [5.74, 6) is 3.33. The Morgan fingerprint density at radius 3 is 2.88 bits per heavy atom. The maximum atomic E-state index is 11.6. The van der Waals surface area contributed by atoms with Gasteiger partial charge in [0, 0.05) is 13.0 Å². The second kappa shape index (κ2) is 9.77. The van der Waals surface area contributed by atoms with Crippen LogP contribution in [0.3, 0.4) is 0 Å². The fourth-order valence-corrected chi connectivity index (χ4v) is 2.78. The topological polar surface area (TPSA) is 41.1 Å². The predicted octanol–water partition coefficient (Wildman–Crippen LogP) is 2.03. The van der Waals surface area contributed by atoms with Crippen molar-refractivity contribution in [3.63, 3.8) is 0 Å². The largest absolute Gasteiger partial charge is 0.356 e. The van der Waals surface area contributed by atoms with Crippen molar-refractivity contribution in [1.82, 2.24) is 10.6 Å². The SMILES string of the molecule is CCSCCCNC(=O)CCC1CCNCC1. The molecule has 17 heavy (non-hydrogen) atoms. The standard InChI is InChI=1S/C13H26N2OS/c1-2-17-11-3-8-15-13(16)5-4-12-6-9-14-10-7-12/h12,14H,2-11H2,1H3,(H,15,16). The summed E-state index contributed by atoms with van der Waals surface area (Å²) in [7, 11) is 0. The molecule has 0 unspecified atom stereocenters. The first-order chi connectivity index (χ1) is 8.33. The van der Waals surface area contributed by atoms with Gasteiger partial charge in [0.15, 0.2) is 0 Å². The first-order valence-electron chi connectivity index (χ1n) is 6.88. The van der Waals surface area contributed by atoms with Crippen LogP contribution < -0.4 is 10.6 Å². The van der Waals surface area contributed by atoms with E-state index in [2.05, 4.69) is 17.6 Å². The molecule has 1 aliphatic heterocycles. The summed E-state index contributed by atoms with van der Waals surface area (Å²) in [4.78, 5) is 11.6. The van der Waals surface area contributed by atoms with Crippen LogP contribution in [0.5, 0.6) is 0 Å². The van der Waals surface area contributed by atoms with Crippen molar-refractivity contribution in [1.29, 1.82) is 0 Å². The predicted molar refractivity (Wildman–Crippen MR) is 75.5 cm³/mol. The van der Waals surface area contributed by atoms with Crippen LogP contribution in [-0.2, 0) is 4.79 Å². The second-order valence-electron chi connectivity index (χ2n) is 4.63. The van der Waals surface area contributed by atoms with E-state index < -0.39 is 0 Å². The molecule has 3 nitrogen and oxygen atoms in total. The van der Waals surface area contributed by atoms with Gasteiger partial charge in [0.25, 0.3) is 0 Å². The van der Waals surface area contributed by atoms with Gasteiger partial charge in [0.05, 0.1) is 0 Å². The summed E-state index contributed by atoms with van der Waals surface area (Å²) in [6.45, 7) is 5.27. The lowest BCUT2D eigenvalue weighted by atomic mass is 9.93. The number of thioether (sulfide) groups is 1. The van der Waals surface area contributed by atoms with Crippen LogP contribution in [0.25, 0.3) is 0 Å². The number of piperidine rings is 1. The van der Waals surface area contributed by atoms with Crippen LogP contribution in [0.4, 0.5) is 0 Å². The molecule has 0 atom stereocenters. The van der Waals surface area contributed by atoms with Crippen molar-refractivity contribution >= 4 is 17.7 Å². The lowest BCUT2D eigenvalue weighted by Crippen LogP contribution is -2.29. The zero-order valence-corrected chi connectivity index (χ0v) is 11.8. The van der Waals surface area contributed by atoms with Gasteiger partial charge in [-0.1, -0.05) is 6.92 Å². The van der Waals surface area contributed by atoms with Crippen molar-refractivity contribution in [3.8, 4) is 0 Å². The molecule has 1 heterocycles. The highest BCUT2D eigenvalue weighted by atomic mass is 32.2. The Morgan fingerprint density at radius 1 is 1.41 bits per heavy atom. The third-order valence-corrected chi connectivity index (χ3v) is 4.22. The molecule has 0 radical (unpaired) electrons. The maximum absolute atomic E-state index is 11.6. The highest BCUT2D eigenvalue weighted by Crippen LogP contribution is 2.17. The lowest BCUT2D eigenvalue weighted by Gasteiger charge is -2.22. The average molecular weight is 258 g/mol. The van der Waals surface area contributed by atoms with Crippen LogP contribution in [0, 0.1) is 5.92 Å². The van der Waals surface area contributed by atoms with Gasteiger partial charge >= 0.3 is 0 Å². The molecule has 1 saturated heterocycles. The molecule has 0 aromatic rings. The minimum absolute atomic E-state index is 0.241. The van der Waals surface area contributed by atoms with Gasteiger partial charge in [0.2, 0.25) is 5.91 Å². The minimum atomic E-state index is 0.241. The quantitative estimate of drug-likeness (QED) is 0.655. The molecule has 1 aliphatic rings. The number of hydrogen-bond donors (Lipinski definition) is 2. The van der Waals surface area contributed by atoms with Crippen LogP contribution in [-0.4, -0.2) is 37.0 Å². The lowest BCUT2D eigenvalue weighted by molar-refractivity contribution is -0.121. The number of rotatable bonds is 8. The van der Waals surface area contributed by atoms with Crippen LogP contribution in [0.1, 0.15) is 39.0 Å². The zero-order valence-electron chi connectivity index (χ0n) is 11.0. The summed E-state index contributed by atoms with van der Waals surface area (Å²) in [6, 6.07) is 0. The van der Waals surface area contributed by atoms with Gasteiger partial charge < -0.3 is 10.6 Å². The molecule has 0 bridgehead atoms. The van der Waals surface area contributed by atoms with Gasteiger partial charge in [-0.2, -0.15) is 11.8 Å². The highest BCUT2D eigenvalue weighted by Gasteiger charge is 2.14. The Hall–Kier alpha value is -0.220. The van der Waals surface area contributed by atoms with E-state index in [0.29, 0.717) is 6.42 Å². The Morgan fingerprint density at radius 2 is 2.18 bits per heavy atom. The van der Waals surface area contributed by atoms with Crippen LogP contribution in [0.2, 0.25) is 0 Å². The summed E-state index contributed by atoms with van der Waals surface area (Å²) >= 11 is 1.94. The normalized spacial score (nSPS) is 17.0. The number of nitrogens with one attached hydrogen (secondary N) is 2. The van der Waals surface area contributed by atoms with E-state index in [1.54, 1.807) is 0 Å². The Kier molecular flexibility index (Phi) is 8.53. The fraction of sp³-hybridized carbons (Fsp3) is 0.923. The highest BCUT2D eigenvalue weighted by molar-refractivity contribution is 7.99. The molecule has 0 aliphatic carbocycles. The molecule has 2 N–H and O–H groups in total. The molecule has 0 aromatic heterocycles. The first kappa shape index (κ1) is 14.8.